The van der Waals surface area contributed by atoms with Crippen molar-refractivity contribution in [1.82, 2.24) is 20.3 Å². The molecule has 0 unspecified atom stereocenters. The third-order valence-electron chi connectivity index (χ3n) is 2.10. The van der Waals surface area contributed by atoms with Crippen LogP contribution >= 0.6 is 0 Å². The molecule has 0 fully saturated rings. The minimum Gasteiger partial charge on any atom is -0.480 e. The Morgan fingerprint density at radius 3 is 2.94 bits per heavy atom. The lowest BCUT2D eigenvalue weighted by atomic mass is 10.2. The lowest BCUT2D eigenvalue weighted by Crippen LogP contribution is -2.39. The fourth-order valence-electron chi connectivity index (χ4n) is 1.13. The maximum absolute atomic E-state index is 11.3. The SMILES string of the molecule is CC[C@@H](N)C(=O)NCc1cn(CC(=O)O)nn1. The number of aliphatic carboxylic acids is 1. The van der Waals surface area contributed by atoms with Crippen molar-refractivity contribution < 1.29 is 14.7 Å². The first kappa shape index (κ1) is 13.1. The normalized spacial score (nSPS) is 12.1. The van der Waals surface area contributed by atoms with E-state index < -0.39 is 12.0 Å². The second-order valence-electron chi connectivity index (χ2n) is 3.53. The third-order valence-corrected chi connectivity index (χ3v) is 2.10. The van der Waals surface area contributed by atoms with Crippen LogP contribution in [0, 0.1) is 0 Å². The van der Waals surface area contributed by atoms with E-state index in [-0.39, 0.29) is 19.0 Å². The number of carboxylic acids is 1. The summed E-state index contributed by atoms with van der Waals surface area (Å²) < 4.78 is 1.18. The zero-order valence-corrected chi connectivity index (χ0v) is 9.46. The summed E-state index contributed by atoms with van der Waals surface area (Å²) in [5.41, 5.74) is 6.01. The van der Waals surface area contributed by atoms with Crippen molar-refractivity contribution in [2.75, 3.05) is 0 Å². The lowest BCUT2D eigenvalue weighted by molar-refractivity contribution is -0.138. The molecule has 0 saturated carbocycles. The van der Waals surface area contributed by atoms with Gasteiger partial charge in [-0.05, 0) is 6.42 Å². The smallest absolute Gasteiger partial charge is 0.325 e. The van der Waals surface area contributed by atoms with E-state index in [0.717, 1.165) is 0 Å². The molecule has 0 saturated heterocycles. The van der Waals surface area contributed by atoms with Gasteiger partial charge in [-0.1, -0.05) is 12.1 Å². The standard InChI is InChI=1S/C9H15N5O3/c1-2-7(10)9(17)11-3-6-4-14(13-12-6)5-8(15)16/h4,7H,2-3,5,10H2,1H3,(H,11,17)(H,15,16)/t7-/m1/s1. The first-order valence-electron chi connectivity index (χ1n) is 5.17. The fourth-order valence-corrected chi connectivity index (χ4v) is 1.13. The predicted molar refractivity (Wildman–Crippen MR) is 57.8 cm³/mol. The molecule has 0 aliphatic heterocycles. The number of hydrogen-bond acceptors (Lipinski definition) is 5. The van der Waals surface area contributed by atoms with Crippen LogP contribution in [0.4, 0.5) is 0 Å². The molecule has 0 bridgehead atoms. The van der Waals surface area contributed by atoms with Gasteiger partial charge >= 0.3 is 5.97 Å². The van der Waals surface area contributed by atoms with Crippen molar-refractivity contribution in [3.63, 3.8) is 0 Å². The van der Waals surface area contributed by atoms with Crippen molar-refractivity contribution in [3.8, 4) is 0 Å². The Morgan fingerprint density at radius 1 is 1.65 bits per heavy atom. The maximum atomic E-state index is 11.3. The van der Waals surface area contributed by atoms with Gasteiger partial charge in [0.1, 0.15) is 12.2 Å². The maximum Gasteiger partial charge on any atom is 0.325 e. The summed E-state index contributed by atoms with van der Waals surface area (Å²) in [5, 5.41) is 18.4. The van der Waals surface area contributed by atoms with Gasteiger partial charge in [0.2, 0.25) is 5.91 Å². The molecular formula is C9H15N5O3. The highest BCUT2D eigenvalue weighted by Gasteiger charge is 2.11. The molecule has 4 N–H and O–H groups in total. The number of nitrogens with zero attached hydrogens (tertiary/aromatic N) is 3. The van der Waals surface area contributed by atoms with Gasteiger partial charge in [0, 0.05) is 0 Å². The van der Waals surface area contributed by atoms with Crippen LogP contribution in [0.3, 0.4) is 0 Å². The van der Waals surface area contributed by atoms with Crippen molar-refractivity contribution in [2.45, 2.75) is 32.5 Å². The number of amides is 1. The van der Waals surface area contributed by atoms with E-state index in [2.05, 4.69) is 15.6 Å². The van der Waals surface area contributed by atoms with Gasteiger partial charge in [0.05, 0.1) is 18.8 Å². The van der Waals surface area contributed by atoms with Crippen LogP contribution in [0.2, 0.25) is 0 Å². The molecular weight excluding hydrogens is 226 g/mol. The molecule has 0 aromatic carbocycles. The Bertz CT molecular complexity index is 403. The number of rotatable bonds is 6. The number of hydrogen-bond donors (Lipinski definition) is 3. The van der Waals surface area contributed by atoms with Crippen LogP contribution < -0.4 is 11.1 Å². The van der Waals surface area contributed by atoms with E-state index in [0.29, 0.717) is 12.1 Å². The predicted octanol–water partition coefficient (Wildman–Crippen LogP) is -1.28. The zero-order valence-electron chi connectivity index (χ0n) is 9.46. The summed E-state index contributed by atoms with van der Waals surface area (Å²) in [7, 11) is 0. The Hall–Kier alpha value is -1.96. The number of carbonyl (C=O) groups is 2. The van der Waals surface area contributed by atoms with Gasteiger partial charge in [0.25, 0.3) is 0 Å². The highest BCUT2D eigenvalue weighted by atomic mass is 16.4. The van der Waals surface area contributed by atoms with E-state index in [9.17, 15) is 9.59 Å². The van der Waals surface area contributed by atoms with Crippen molar-refractivity contribution in [3.05, 3.63) is 11.9 Å². The van der Waals surface area contributed by atoms with Crippen molar-refractivity contribution in [2.24, 2.45) is 5.73 Å². The molecule has 8 nitrogen and oxygen atoms in total. The molecule has 1 atom stereocenters. The fraction of sp³-hybridized carbons (Fsp3) is 0.556. The second-order valence-corrected chi connectivity index (χ2v) is 3.53. The quantitative estimate of drug-likeness (QED) is 0.569. The van der Waals surface area contributed by atoms with Crippen LogP contribution in [0.25, 0.3) is 0 Å². The van der Waals surface area contributed by atoms with Crippen molar-refractivity contribution in [1.29, 1.82) is 0 Å². The molecule has 0 aliphatic rings. The number of carboxylic acid groups (broad SMARTS) is 1. The van der Waals surface area contributed by atoms with Crippen LogP contribution in [-0.4, -0.2) is 38.0 Å². The van der Waals surface area contributed by atoms with Gasteiger partial charge in [0.15, 0.2) is 0 Å². The van der Waals surface area contributed by atoms with Gasteiger partial charge in [-0.3, -0.25) is 9.59 Å². The van der Waals surface area contributed by atoms with E-state index in [1.807, 2.05) is 6.92 Å². The van der Waals surface area contributed by atoms with Crippen LogP contribution in [0.5, 0.6) is 0 Å². The Morgan fingerprint density at radius 2 is 2.35 bits per heavy atom. The molecule has 0 radical (unpaired) electrons. The van der Waals surface area contributed by atoms with Gasteiger partial charge in [-0.2, -0.15) is 0 Å². The zero-order chi connectivity index (χ0) is 12.8. The van der Waals surface area contributed by atoms with Gasteiger partial charge in [-0.15, -0.1) is 5.10 Å². The van der Waals surface area contributed by atoms with E-state index in [4.69, 9.17) is 10.8 Å². The number of nitrogens with two attached hydrogens (primary N) is 1. The van der Waals surface area contributed by atoms with E-state index in [1.165, 1.54) is 10.9 Å². The number of nitrogens with one attached hydrogen (secondary N) is 1. The van der Waals surface area contributed by atoms with Gasteiger partial charge in [-0.25, -0.2) is 4.68 Å². The molecule has 17 heavy (non-hydrogen) atoms. The summed E-state index contributed by atoms with van der Waals surface area (Å²) in [6.45, 7) is 1.74. The molecule has 1 aromatic heterocycles. The van der Waals surface area contributed by atoms with E-state index >= 15 is 0 Å². The highest BCUT2D eigenvalue weighted by molar-refractivity contribution is 5.81. The highest BCUT2D eigenvalue weighted by Crippen LogP contribution is 1.94. The van der Waals surface area contributed by atoms with Gasteiger partial charge < -0.3 is 16.2 Å². The molecule has 1 heterocycles. The summed E-state index contributed by atoms with van der Waals surface area (Å²) >= 11 is 0. The first-order valence-corrected chi connectivity index (χ1v) is 5.17. The molecule has 94 valence electrons. The first-order chi connectivity index (χ1) is 8.02. The topological polar surface area (TPSA) is 123 Å². The summed E-state index contributed by atoms with van der Waals surface area (Å²) in [5.74, 6) is -1.27. The van der Waals surface area contributed by atoms with Crippen LogP contribution in [0.15, 0.2) is 6.20 Å². The van der Waals surface area contributed by atoms with Crippen molar-refractivity contribution >= 4 is 11.9 Å². The molecule has 1 amide bonds. The summed E-state index contributed by atoms with van der Waals surface area (Å²) in [4.78, 5) is 21.7. The monoisotopic (exact) mass is 241 g/mol. The molecule has 0 spiro atoms. The minimum atomic E-state index is -1.00. The number of carbonyl (C=O) groups excluding carboxylic acids is 1. The second kappa shape index (κ2) is 5.94. The van der Waals surface area contributed by atoms with Crippen LogP contribution in [0.1, 0.15) is 19.0 Å². The lowest BCUT2D eigenvalue weighted by Gasteiger charge is -2.07. The largest absolute Gasteiger partial charge is 0.480 e. The molecule has 8 heteroatoms. The molecule has 1 rings (SSSR count). The summed E-state index contributed by atoms with van der Waals surface area (Å²) in [6, 6.07) is -0.538. The Kier molecular flexibility index (Phi) is 4.58. The Labute approximate surface area is 97.8 Å². The minimum absolute atomic E-state index is 0.187. The number of aromatic nitrogens is 3. The third kappa shape index (κ3) is 4.19. The van der Waals surface area contributed by atoms with E-state index in [1.54, 1.807) is 0 Å². The molecule has 0 aliphatic carbocycles. The Balaban J connectivity index is 2.44. The molecule has 1 aromatic rings. The van der Waals surface area contributed by atoms with Crippen LogP contribution in [-0.2, 0) is 22.7 Å². The average molecular weight is 241 g/mol. The summed E-state index contributed by atoms with van der Waals surface area (Å²) in [6.07, 6.45) is 2.02. The average Bonchev–Trinajstić information content (AvgIpc) is 2.71.